The second kappa shape index (κ2) is 5.64. The van der Waals surface area contributed by atoms with Gasteiger partial charge in [0, 0.05) is 22.0 Å². The molecule has 0 saturated carbocycles. The summed E-state index contributed by atoms with van der Waals surface area (Å²) in [7, 11) is 0. The standard InChI is InChI=1S/C14H22F2N2S2/c1-13(2,5-19)7-9(15)12(18)8(10(16)11(7)17)14(3,4)6-20/h19-20H,5-6,17-18H2,1-4H3. The van der Waals surface area contributed by atoms with Crippen LogP contribution < -0.4 is 11.5 Å². The van der Waals surface area contributed by atoms with E-state index >= 15 is 0 Å². The molecule has 0 aliphatic heterocycles. The summed E-state index contributed by atoms with van der Waals surface area (Å²) in [5.41, 5.74) is 10.0. The Morgan fingerprint density at radius 3 is 1.25 bits per heavy atom. The molecule has 0 unspecified atom stereocenters. The molecule has 0 fully saturated rings. The van der Waals surface area contributed by atoms with Crippen molar-refractivity contribution in [3.05, 3.63) is 22.8 Å². The zero-order valence-corrected chi connectivity index (χ0v) is 14.0. The Hall–Kier alpha value is -0.620. The Balaban J connectivity index is 3.76. The van der Waals surface area contributed by atoms with Crippen LogP contribution in [0.25, 0.3) is 0 Å². The molecular formula is C14H22F2N2S2. The van der Waals surface area contributed by atoms with Crippen LogP contribution in [-0.2, 0) is 10.8 Å². The lowest BCUT2D eigenvalue weighted by Gasteiger charge is -2.31. The summed E-state index contributed by atoms with van der Waals surface area (Å²) in [6, 6.07) is 0. The van der Waals surface area contributed by atoms with Gasteiger partial charge in [-0.1, -0.05) is 27.7 Å². The van der Waals surface area contributed by atoms with Gasteiger partial charge in [0.05, 0.1) is 11.4 Å². The van der Waals surface area contributed by atoms with Gasteiger partial charge in [-0.15, -0.1) is 0 Å². The van der Waals surface area contributed by atoms with Gasteiger partial charge in [0.1, 0.15) is 0 Å². The highest BCUT2D eigenvalue weighted by Gasteiger charge is 2.35. The molecule has 2 nitrogen and oxygen atoms in total. The number of nitrogens with two attached hydrogens (primary N) is 2. The molecule has 0 amide bonds. The minimum atomic E-state index is -0.712. The van der Waals surface area contributed by atoms with Crippen molar-refractivity contribution < 1.29 is 8.78 Å². The predicted octanol–water partition coefficient (Wildman–Crippen LogP) is 3.54. The third kappa shape index (κ3) is 2.72. The van der Waals surface area contributed by atoms with E-state index in [0.717, 1.165) is 0 Å². The summed E-state index contributed by atoms with van der Waals surface area (Å²) < 4.78 is 29.2. The summed E-state index contributed by atoms with van der Waals surface area (Å²) in [4.78, 5) is 0. The minimum Gasteiger partial charge on any atom is -0.396 e. The first-order valence-corrected chi connectivity index (χ1v) is 7.56. The smallest absolute Gasteiger partial charge is 0.152 e. The van der Waals surface area contributed by atoms with Crippen LogP contribution in [0.2, 0.25) is 0 Å². The zero-order valence-electron chi connectivity index (χ0n) is 12.2. The average Bonchev–Trinajstić information content (AvgIpc) is 2.36. The number of benzene rings is 1. The Morgan fingerprint density at radius 2 is 1.05 bits per heavy atom. The van der Waals surface area contributed by atoms with Crippen molar-refractivity contribution in [3.63, 3.8) is 0 Å². The van der Waals surface area contributed by atoms with Crippen LogP contribution in [0.5, 0.6) is 0 Å². The number of hydrogen-bond acceptors (Lipinski definition) is 4. The molecule has 0 aromatic heterocycles. The lowest BCUT2D eigenvalue weighted by atomic mass is 9.79. The molecule has 114 valence electrons. The Labute approximate surface area is 130 Å². The maximum absolute atomic E-state index is 14.6. The van der Waals surface area contributed by atoms with E-state index in [1.165, 1.54) is 0 Å². The second-order valence-corrected chi connectivity index (χ2v) is 6.92. The van der Waals surface area contributed by atoms with Crippen LogP contribution in [0.15, 0.2) is 0 Å². The molecule has 1 rings (SSSR count). The average molecular weight is 320 g/mol. The molecule has 0 heterocycles. The van der Waals surface area contributed by atoms with E-state index in [9.17, 15) is 8.78 Å². The molecular weight excluding hydrogens is 298 g/mol. The normalized spacial score (nSPS) is 12.8. The fourth-order valence-electron chi connectivity index (χ4n) is 2.21. The first-order chi connectivity index (χ1) is 9.01. The van der Waals surface area contributed by atoms with Gasteiger partial charge in [0.15, 0.2) is 11.6 Å². The van der Waals surface area contributed by atoms with E-state index < -0.39 is 22.5 Å². The Bertz CT molecular complexity index is 452. The van der Waals surface area contributed by atoms with Crippen LogP contribution in [0, 0.1) is 11.6 Å². The molecule has 1 aromatic carbocycles. The van der Waals surface area contributed by atoms with Gasteiger partial charge in [0.2, 0.25) is 0 Å². The van der Waals surface area contributed by atoms with Crippen molar-refractivity contribution in [2.75, 3.05) is 23.0 Å². The number of nitrogen functional groups attached to an aromatic ring is 2. The van der Waals surface area contributed by atoms with Crippen molar-refractivity contribution in [3.8, 4) is 0 Å². The molecule has 0 radical (unpaired) electrons. The van der Waals surface area contributed by atoms with Crippen molar-refractivity contribution in [1.29, 1.82) is 0 Å². The van der Waals surface area contributed by atoms with Gasteiger partial charge in [-0.2, -0.15) is 25.3 Å². The first kappa shape index (κ1) is 17.4. The number of halogens is 2. The summed E-state index contributed by atoms with van der Waals surface area (Å²) in [6.07, 6.45) is 0. The number of thiol groups is 2. The molecule has 0 spiro atoms. The zero-order chi connectivity index (χ0) is 15.9. The molecule has 0 aliphatic carbocycles. The SMILES string of the molecule is CC(C)(CS)c1c(N)c(F)c(C(C)(C)CS)c(N)c1F. The van der Waals surface area contributed by atoms with Gasteiger partial charge in [-0.05, 0) is 11.5 Å². The highest BCUT2D eigenvalue weighted by atomic mass is 32.1. The van der Waals surface area contributed by atoms with Gasteiger partial charge in [-0.25, -0.2) is 8.78 Å². The van der Waals surface area contributed by atoms with Crippen LogP contribution >= 0.6 is 25.3 Å². The Morgan fingerprint density at radius 1 is 0.800 bits per heavy atom. The largest absolute Gasteiger partial charge is 0.396 e. The minimum absolute atomic E-state index is 0.0845. The third-order valence-electron chi connectivity index (χ3n) is 3.59. The van der Waals surface area contributed by atoms with Gasteiger partial charge in [-0.3, -0.25) is 0 Å². The topological polar surface area (TPSA) is 52.0 Å². The predicted molar refractivity (Wildman–Crippen MR) is 88.9 cm³/mol. The van der Waals surface area contributed by atoms with Crippen LogP contribution in [0.4, 0.5) is 20.2 Å². The van der Waals surface area contributed by atoms with E-state index in [1.54, 1.807) is 27.7 Å². The van der Waals surface area contributed by atoms with Gasteiger partial charge in [0.25, 0.3) is 0 Å². The number of rotatable bonds is 4. The number of hydrogen-bond donors (Lipinski definition) is 4. The van der Waals surface area contributed by atoms with E-state index in [-0.39, 0.29) is 22.5 Å². The summed E-state index contributed by atoms with van der Waals surface area (Å²) >= 11 is 8.36. The fourth-order valence-corrected chi connectivity index (χ4v) is 2.52. The quantitative estimate of drug-likeness (QED) is 0.507. The monoisotopic (exact) mass is 320 g/mol. The van der Waals surface area contributed by atoms with E-state index in [1.807, 2.05) is 0 Å². The molecule has 4 N–H and O–H groups in total. The van der Waals surface area contributed by atoms with Crippen LogP contribution in [0.3, 0.4) is 0 Å². The lowest BCUT2D eigenvalue weighted by molar-refractivity contribution is 0.498. The molecule has 0 atom stereocenters. The van der Waals surface area contributed by atoms with Crippen molar-refractivity contribution >= 4 is 36.6 Å². The molecule has 0 saturated heterocycles. The van der Waals surface area contributed by atoms with Gasteiger partial charge >= 0.3 is 0 Å². The van der Waals surface area contributed by atoms with E-state index in [4.69, 9.17) is 11.5 Å². The highest BCUT2D eigenvalue weighted by Crippen LogP contribution is 2.42. The molecule has 0 bridgehead atoms. The Kier molecular flexibility index (Phi) is 4.91. The first-order valence-electron chi connectivity index (χ1n) is 6.29. The summed E-state index contributed by atoms with van der Waals surface area (Å²) in [5, 5.41) is 0. The fraction of sp³-hybridized carbons (Fsp3) is 0.571. The molecule has 20 heavy (non-hydrogen) atoms. The molecule has 6 heteroatoms. The van der Waals surface area contributed by atoms with Crippen molar-refractivity contribution in [1.82, 2.24) is 0 Å². The van der Waals surface area contributed by atoms with Crippen LogP contribution in [-0.4, -0.2) is 11.5 Å². The second-order valence-electron chi connectivity index (χ2n) is 6.29. The van der Waals surface area contributed by atoms with Gasteiger partial charge < -0.3 is 11.5 Å². The third-order valence-corrected chi connectivity index (χ3v) is 5.18. The van der Waals surface area contributed by atoms with E-state index in [0.29, 0.717) is 11.5 Å². The molecule has 1 aromatic rings. The summed E-state index contributed by atoms with van der Waals surface area (Å²) in [5.74, 6) is -0.675. The maximum Gasteiger partial charge on any atom is 0.152 e. The lowest BCUT2D eigenvalue weighted by Crippen LogP contribution is -2.29. The van der Waals surface area contributed by atoms with Crippen molar-refractivity contribution in [2.45, 2.75) is 38.5 Å². The molecule has 0 aliphatic rings. The van der Waals surface area contributed by atoms with Crippen molar-refractivity contribution in [2.24, 2.45) is 0 Å². The maximum atomic E-state index is 14.6. The highest BCUT2D eigenvalue weighted by molar-refractivity contribution is 7.80. The van der Waals surface area contributed by atoms with Crippen LogP contribution in [0.1, 0.15) is 38.8 Å². The summed E-state index contributed by atoms with van der Waals surface area (Å²) in [6.45, 7) is 6.99. The van der Waals surface area contributed by atoms with E-state index in [2.05, 4.69) is 25.3 Å². The number of anilines is 2.